The highest BCUT2D eigenvalue weighted by atomic mass is 35.5. The number of amides is 2. The minimum atomic E-state index is -0.512. The Morgan fingerprint density at radius 2 is 1.96 bits per heavy atom. The van der Waals surface area contributed by atoms with Gasteiger partial charge < -0.3 is 15.4 Å². The molecular formula is C17H21ClN2O4. The number of carbonyl (C=O) groups excluding carboxylic acids is 3. The number of rotatable bonds is 7. The fourth-order valence-corrected chi connectivity index (χ4v) is 2.55. The number of esters is 1. The Hall–Kier alpha value is -2.08. The maximum atomic E-state index is 12.3. The third kappa shape index (κ3) is 4.47. The molecule has 130 valence electrons. The molecule has 1 aromatic carbocycles. The van der Waals surface area contributed by atoms with Gasteiger partial charge in [-0.2, -0.15) is 0 Å². The van der Waals surface area contributed by atoms with Crippen molar-refractivity contribution < 1.29 is 19.1 Å². The molecule has 0 radical (unpaired) electrons. The molecule has 0 heterocycles. The van der Waals surface area contributed by atoms with Crippen LogP contribution in [0.5, 0.6) is 0 Å². The number of hydrogen-bond donors (Lipinski definition) is 2. The Morgan fingerprint density at radius 1 is 1.25 bits per heavy atom. The van der Waals surface area contributed by atoms with E-state index in [2.05, 4.69) is 15.4 Å². The average molecular weight is 353 g/mol. The lowest BCUT2D eigenvalue weighted by Crippen LogP contribution is -2.28. The van der Waals surface area contributed by atoms with Crippen molar-refractivity contribution in [3.8, 4) is 0 Å². The molecule has 2 N–H and O–H groups in total. The second kappa shape index (κ2) is 8.15. The molecule has 2 atom stereocenters. The van der Waals surface area contributed by atoms with Crippen LogP contribution in [0.15, 0.2) is 18.2 Å². The van der Waals surface area contributed by atoms with Crippen molar-refractivity contribution >= 4 is 35.1 Å². The van der Waals surface area contributed by atoms with Crippen LogP contribution in [-0.2, 0) is 14.3 Å². The van der Waals surface area contributed by atoms with Gasteiger partial charge in [0.05, 0.1) is 35.2 Å². The van der Waals surface area contributed by atoms with Crippen LogP contribution in [-0.4, -0.2) is 31.4 Å². The molecule has 1 saturated carbocycles. The van der Waals surface area contributed by atoms with Gasteiger partial charge in [0.15, 0.2) is 0 Å². The highest BCUT2D eigenvalue weighted by Crippen LogP contribution is 2.40. The molecular weight excluding hydrogens is 332 g/mol. The van der Waals surface area contributed by atoms with E-state index in [1.165, 1.54) is 25.3 Å². The predicted octanol–water partition coefficient (Wildman–Crippen LogP) is 2.62. The Labute approximate surface area is 145 Å². The molecule has 1 fully saturated rings. The van der Waals surface area contributed by atoms with Gasteiger partial charge in [0.25, 0.3) is 0 Å². The van der Waals surface area contributed by atoms with Crippen LogP contribution in [0.4, 0.5) is 5.69 Å². The summed E-state index contributed by atoms with van der Waals surface area (Å²) in [5.74, 6) is -1.51. The van der Waals surface area contributed by atoms with E-state index in [1.54, 1.807) is 0 Å². The van der Waals surface area contributed by atoms with E-state index >= 15 is 0 Å². The second-order valence-electron chi connectivity index (χ2n) is 5.77. The highest BCUT2D eigenvalue weighted by molar-refractivity contribution is 6.34. The van der Waals surface area contributed by atoms with Crippen LogP contribution < -0.4 is 10.6 Å². The Kier molecular flexibility index (Phi) is 6.20. The minimum Gasteiger partial charge on any atom is -0.465 e. The minimum absolute atomic E-state index is 0.0852. The second-order valence-corrected chi connectivity index (χ2v) is 6.18. The van der Waals surface area contributed by atoms with Gasteiger partial charge in [0.2, 0.25) is 11.8 Å². The van der Waals surface area contributed by atoms with E-state index in [4.69, 9.17) is 11.6 Å². The van der Waals surface area contributed by atoms with Crippen molar-refractivity contribution in [2.24, 2.45) is 11.8 Å². The smallest absolute Gasteiger partial charge is 0.337 e. The zero-order chi connectivity index (χ0) is 17.7. The summed E-state index contributed by atoms with van der Waals surface area (Å²) in [5, 5.41) is 5.84. The van der Waals surface area contributed by atoms with E-state index < -0.39 is 5.97 Å². The number of hydrogen-bond acceptors (Lipinski definition) is 4. The molecule has 2 amide bonds. The van der Waals surface area contributed by atoms with Crippen LogP contribution in [0.1, 0.15) is 36.5 Å². The first kappa shape index (κ1) is 18.3. The topological polar surface area (TPSA) is 84.5 Å². The number of unbranched alkanes of at least 4 members (excludes halogenated alkanes) is 1. The number of halogens is 1. The largest absolute Gasteiger partial charge is 0.465 e. The number of benzene rings is 1. The van der Waals surface area contributed by atoms with E-state index in [9.17, 15) is 14.4 Å². The fraction of sp³-hybridized carbons (Fsp3) is 0.471. The van der Waals surface area contributed by atoms with Gasteiger partial charge in [0.1, 0.15) is 0 Å². The molecule has 0 aromatic heterocycles. The molecule has 1 aliphatic carbocycles. The third-order valence-electron chi connectivity index (χ3n) is 3.94. The van der Waals surface area contributed by atoms with Crippen LogP contribution >= 0.6 is 11.6 Å². The quantitative estimate of drug-likeness (QED) is 0.583. The monoisotopic (exact) mass is 352 g/mol. The lowest BCUT2D eigenvalue weighted by molar-refractivity contribution is -0.125. The van der Waals surface area contributed by atoms with Crippen molar-refractivity contribution in [1.29, 1.82) is 0 Å². The van der Waals surface area contributed by atoms with E-state index in [0.29, 0.717) is 29.2 Å². The van der Waals surface area contributed by atoms with Crippen LogP contribution in [0.25, 0.3) is 0 Å². The molecule has 2 rings (SSSR count). The summed E-state index contributed by atoms with van der Waals surface area (Å²) >= 11 is 6.05. The zero-order valence-electron chi connectivity index (χ0n) is 13.7. The maximum Gasteiger partial charge on any atom is 0.337 e. The van der Waals surface area contributed by atoms with Crippen molar-refractivity contribution in [1.82, 2.24) is 5.32 Å². The first-order valence-electron chi connectivity index (χ1n) is 7.94. The average Bonchev–Trinajstić information content (AvgIpc) is 3.37. The van der Waals surface area contributed by atoms with Gasteiger partial charge >= 0.3 is 5.97 Å². The van der Waals surface area contributed by atoms with Gasteiger partial charge in [-0.3, -0.25) is 9.59 Å². The number of carbonyl (C=O) groups is 3. The summed E-state index contributed by atoms with van der Waals surface area (Å²) in [7, 11) is 1.28. The van der Waals surface area contributed by atoms with Crippen molar-refractivity contribution in [2.45, 2.75) is 26.2 Å². The molecule has 2 unspecified atom stereocenters. The Balaban J connectivity index is 1.94. The van der Waals surface area contributed by atoms with E-state index in [-0.39, 0.29) is 23.7 Å². The molecule has 7 heteroatoms. The summed E-state index contributed by atoms with van der Waals surface area (Å²) in [4.78, 5) is 35.7. The summed E-state index contributed by atoms with van der Waals surface area (Å²) in [6, 6.07) is 4.50. The van der Waals surface area contributed by atoms with Crippen LogP contribution in [0.2, 0.25) is 5.02 Å². The van der Waals surface area contributed by atoms with Crippen molar-refractivity contribution in [2.75, 3.05) is 19.0 Å². The molecule has 1 aliphatic rings. The molecule has 0 aliphatic heterocycles. The first-order valence-corrected chi connectivity index (χ1v) is 8.32. The van der Waals surface area contributed by atoms with Crippen LogP contribution in [0.3, 0.4) is 0 Å². The Bertz CT molecular complexity index is 647. The molecule has 6 nitrogen and oxygen atoms in total. The SMILES string of the molecule is CCCCNC(=O)C1CC1C(=O)Nc1cc(C(=O)OC)ccc1Cl. The molecule has 0 bridgehead atoms. The third-order valence-corrected chi connectivity index (χ3v) is 4.27. The standard InChI is InChI=1S/C17H21ClN2O4/c1-3-4-7-19-15(21)11-9-12(11)16(22)20-14-8-10(17(23)24-2)5-6-13(14)18/h5-6,8,11-12H,3-4,7,9H2,1-2H3,(H,19,21)(H,20,22). The van der Waals surface area contributed by atoms with E-state index in [1.807, 2.05) is 6.92 Å². The molecule has 24 heavy (non-hydrogen) atoms. The first-order chi connectivity index (χ1) is 11.5. The van der Waals surface area contributed by atoms with Crippen LogP contribution in [0, 0.1) is 11.8 Å². The van der Waals surface area contributed by atoms with Crippen molar-refractivity contribution in [3.05, 3.63) is 28.8 Å². The maximum absolute atomic E-state index is 12.3. The van der Waals surface area contributed by atoms with Gasteiger partial charge in [-0.15, -0.1) is 0 Å². The molecule has 0 saturated heterocycles. The fourth-order valence-electron chi connectivity index (χ4n) is 2.39. The number of nitrogens with one attached hydrogen (secondary N) is 2. The lowest BCUT2D eigenvalue weighted by atomic mass is 10.2. The van der Waals surface area contributed by atoms with Gasteiger partial charge in [0, 0.05) is 6.54 Å². The summed E-state index contributed by atoms with van der Waals surface area (Å²) in [6.07, 6.45) is 2.45. The number of methoxy groups -OCH3 is 1. The summed E-state index contributed by atoms with van der Waals surface area (Å²) < 4.78 is 4.64. The van der Waals surface area contributed by atoms with E-state index in [0.717, 1.165) is 12.8 Å². The van der Waals surface area contributed by atoms with Gasteiger partial charge in [-0.25, -0.2) is 4.79 Å². The lowest BCUT2D eigenvalue weighted by Gasteiger charge is -2.09. The highest BCUT2D eigenvalue weighted by Gasteiger charge is 2.47. The normalized spacial score (nSPS) is 18.6. The molecule has 0 spiro atoms. The predicted molar refractivity (Wildman–Crippen MR) is 90.9 cm³/mol. The summed E-state index contributed by atoms with van der Waals surface area (Å²) in [5.41, 5.74) is 0.628. The molecule has 1 aromatic rings. The Morgan fingerprint density at radius 3 is 2.62 bits per heavy atom. The zero-order valence-corrected chi connectivity index (χ0v) is 14.5. The van der Waals surface area contributed by atoms with Gasteiger partial charge in [-0.05, 0) is 31.0 Å². The number of ether oxygens (including phenoxy) is 1. The summed E-state index contributed by atoms with van der Waals surface area (Å²) in [6.45, 7) is 2.68. The van der Waals surface area contributed by atoms with Gasteiger partial charge in [-0.1, -0.05) is 24.9 Å². The number of anilines is 1. The van der Waals surface area contributed by atoms with Crippen molar-refractivity contribution in [3.63, 3.8) is 0 Å².